The second-order valence-electron chi connectivity index (χ2n) is 8.51. The molecule has 0 radical (unpaired) electrons. The molecule has 160 valence electrons. The van der Waals surface area contributed by atoms with Gasteiger partial charge in [0.15, 0.2) is 0 Å². The zero-order valence-corrected chi connectivity index (χ0v) is 17.8. The molecule has 1 aromatic rings. The minimum Gasteiger partial charge on any atom is -0.447 e. The average molecular weight is 402 g/mol. The number of benzene rings is 1. The summed E-state index contributed by atoms with van der Waals surface area (Å²) in [6, 6.07) is 10.7. The van der Waals surface area contributed by atoms with E-state index in [-0.39, 0.29) is 24.0 Å². The van der Waals surface area contributed by atoms with Crippen molar-refractivity contribution in [1.82, 2.24) is 15.1 Å². The molecule has 2 heterocycles. The maximum atomic E-state index is 12.7. The number of hydrogen-bond donors (Lipinski definition) is 1. The minimum absolute atomic E-state index is 0.0726. The molecule has 1 N–H and O–H groups in total. The summed E-state index contributed by atoms with van der Waals surface area (Å²) in [7, 11) is 0. The zero-order chi connectivity index (χ0) is 20.6. The van der Waals surface area contributed by atoms with Gasteiger partial charge in [-0.1, -0.05) is 30.3 Å². The van der Waals surface area contributed by atoms with Crippen LogP contribution in [-0.2, 0) is 16.0 Å². The first-order valence-electron chi connectivity index (χ1n) is 11.0. The highest BCUT2D eigenvalue weighted by Crippen LogP contribution is 2.24. The van der Waals surface area contributed by atoms with Gasteiger partial charge in [0.25, 0.3) is 0 Å². The largest absolute Gasteiger partial charge is 0.447 e. The van der Waals surface area contributed by atoms with Crippen molar-refractivity contribution in [2.75, 3.05) is 32.7 Å². The van der Waals surface area contributed by atoms with Crippen molar-refractivity contribution in [3.63, 3.8) is 0 Å². The first-order valence-corrected chi connectivity index (χ1v) is 11.0. The van der Waals surface area contributed by atoms with Crippen LogP contribution in [0.15, 0.2) is 30.3 Å². The van der Waals surface area contributed by atoms with Gasteiger partial charge in [-0.3, -0.25) is 9.69 Å². The van der Waals surface area contributed by atoms with E-state index in [4.69, 9.17) is 4.74 Å². The summed E-state index contributed by atoms with van der Waals surface area (Å²) in [5.74, 6) is 0.257. The standard InChI is InChI=1S/C23H35N3O3/c1-18(2)29-23(28)25-15-11-21(12-16-25)26-14-6-9-20(17-26)22(27)24-13-10-19-7-4-3-5-8-19/h3-5,7-8,18,20-21H,6,9-17H2,1-2H3,(H,24,27)/t20-/m1/s1. The Hall–Kier alpha value is -2.08. The van der Waals surface area contributed by atoms with Crippen LogP contribution in [0.25, 0.3) is 0 Å². The molecule has 6 heteroatoms. The van der Waals surface area contributed by atoms with Gasteiger partial charge in [0.05, 0.1) is 12.0 Å². The average Bonchev–Trinajstić information content (AvgIpc) is 2.74. The molecule has 0 bridgehead atoms. The van der Waals surface area contributed by atoms with E-state index in [1.807, 2.05) is 36.9 Å². The van der Waals surface area contributed by atoms with E-state index in [1.165, 1.54) is 5.56 Å². The number of rotatable bonds is 6. The maximum absolute atomic E-state index is 12.7. The Labute approximate surface area is 174 Å². The maximum Gasteiger partial charge on any atom is 0.410 e. The van der Waals surface area contributed by atoms with Crippen LogP contribution in [0.5, 0.6) is 0 Å². The number of carbonyl (C=O) groups is 2. The van der Waals surface area contributed by atoms with Crippen LogP contribution in [0.3, 0.4) is 0 Å². The van der Waals surface area contributed by atoms with Gasteiger partial charge in [0.1, 0.15) is 0 Å². The monoisotopic (exact) mass is 401 g/mol. The van der Waals surface area contributed by atoms with Crippen molar-refractivity contribution in [3.8, 4) is 0 Å². The normalized spacial score (nSPS) is 21.2. The van der Waals surface area contributed by atoms with Crippen LogP contribution in [0.1, 0.15) is 45.1 Å². The number of piperidine rings is 2. The molecule has 0 unspecified atom stereocenters. The molecule has 0 spiro atoms. The molecule has 29 heavy (non-hydrogen) atoms. The summed E-state index contributed by atoms with van der Waals surface area (Å²) in [6.07, 6.45) is 4.52. The number of nitrogens with zero attached hydrogens (tertiary/aromatic N) is 2. The van der Waals surface area contributed by atoms with Gasteiger partial charge >= 0.3 is 6.09 Å². The van der Waals surface area contributed by atoms with Gasteiger partial charge in [0, 0.05) is 32.2 Å². The molecule has 6 nitrogen and oxygen atoms in total. The van der Waals surface area contributed by atoms with E-state index in [0.717, 1.165) is 58.3 Å². The van der Waals surface area contributed by atoms with E-state index in [9.17, 15) is 9.59 Å². The van der Waals surface area contributed by atoms with Crippen molar-refractivity contribution in [1.29, 1.82) is 0 Å². The smallest absolute Gasteiger partial charge is 0.410 e. The molecule has 2 aliphatic heterocycles. The molecule has 2 aliphatic rings. The topological polar surface area (TPSA) is 61.9 Å². The van der Waals surface area contributed by atoms with E-state index < -0.39 is 0 Å². The van der Waals surface area contributed by atoms with E-state index in [2.05, 4.69) is 22.3 Å². The lowest BCUT2D eigenvalue weighted by atomic mass is 9.93. The highest BCUT2D eigenvalue weighted by Gasteiger charge is 2.32. The summed E-state index contributed by atoms with van der Waals surface area (Å²) in [6.45, 7) is 7.80. The number of ether oxygens (including phenoxy) is 1. The molecule has 1 aromatic carbocycles. The fraction of sp³-hybridized carbons (Fsp3) is 0.652. The van der Waals surface area contributed by atoms with Crippen LogP contribution in [-0.4, -0.2) is 66.7 Å². The van der Waals surface area contributed by atoms with Gasteiger partial charge in [-0.2, -0.15) is 0 Å². The number of hydrogen-bond acceptors (Lipinski definition) is 4. The molecular weight excluding hydrogens is 366 g/mol. The SMILES string of the molecule is CC(C)OC(=O)N1CCC(N2CCC[C@@H](C(=O)NCCc3ccccc3)C2)CC1. The predicted octanol–water partition coefficient (Wildman–Crippen LogP) is 3.07. The Morgan fingerprint density at radius 3 is 2.52 bits per heavy atom. The van der Waals surface area contributed by atoms with Crippen LogP contribution in [0, 0.1) is 5.92 Å². The van der Waals surface area contributed by atoms with Crippen LogP contribution < -0.4 is 5.32 Å². The molecule has 3 rings (SSSR count). The van der Waals surface area contributed by atoms with Gasteiger partial charge in [-0.05, 0) is 58.1 Å². The first-order chi connectivity index (χ1) is 14.0. The predicted molar refractivity (Wildman–Crippen MR) is 114 cm³/mol. The van der Waals surface area contributed by atoms with Crippen LogP contribution >= 0.6 is 0 Å². The summed E-state index contributed by atoms with van der Waals surface area (Å²) < 4.78 is 5.31. The number of nitrogens with one attached hydrogen (secondary N) is 1. The molecule has 1 atom stereocenters. The fourth-order valence-corrected chi connectivity index (χ4v) is 4.36. The third-order valence-corrected chi connectivity index (χ3v) is 5.95. The number of amides is 2. The van der Waals surface area contributed by atoms with Crippen molar-refractivity contribution >= 4 is 12.0 Å². The third-order valence-electron chi connectivity index (χ3n) is 5.95. The third kappa shape index (κ3) is 6.46. The Balaban J connectivity index is 1.41. The zero-order valence-electron chi connectivity index (χ0n) is 17.8. The van der Waals surface area contributed by atoms with Gasteiger partial charge < -0.3 is 15.0 Å². The highest BCUT2D eigenvalue weighted by atomic mass is 16.6. The molecule has 2 fully saturated rings. The molecule has 2 saturated heterocycles. The first kappa shape index (κ1) is 21.6. The second-order valence-corrected chi connectivity index (χ2v) is 8.51. The molecule has 2 amide bonds. The van der Waals surface area contributed by atoms with Gasteiger partial charge in [-0.25, -0.2) is 4.79 Å². The minimum atomic E-state index is -0.201. The second kappa shape index (κ2) is 10.6. The summed E-state index contributed by atoms with van der Waals surface area (Å²) >= 11 is 0. The summed E-state index contributed by atoms with van der Waals surface area (Å²) in [4.78, 5) is 29.0. The Kier molecular flexibility index (Phi) is 7.92. The van der Waals surface area contributed by atoms with Gasteiger partial charge in [-0.15, -0.1) is 0 Å². The Morgan fingerprint density at radius 2 is 1.83 bits per heavy atom. The van der Waals surface area contributed by atoms with Crippen molar-refractivity contribution in [3.05, 3.63) is 35.9 Å². The molecule has 0 saturated carbocycles. The van der Waals surface area contributed by atoms with E-state index >= 15 is 0 Å². The lowest BCUT2D eigenvalue weighted by Crippen LogP contribution is -2.51. The molecule has 0 aromatic heterocycles. The lowest BCUT2D eigenvalue weighted by Gasteiger charge is -2.41. The van der Waals surface area contributed by atoms with Crippen LogP contribution in [0.2, 0.25) is 0 Å². The highest BCUT2D eigenvalue weighted by molar-refractivity contribution is 5.79. The van der Waals surface area contributed by atoms with Crippen molar-refractivity contribution in [2.45, 2.75) is 58.1 Å². The quantitative estimate of drug-likeness (QED) is 0.796. The Bertz CT molecular complexity index is 657. The number of carbonyl (C=O) groups excluding carboxylic acids is 2. The Morgan fingerprint density at radius 1 is 1.10 bits per heavy atom. The fourth-order valence-electron chi connectivity index (χ4n) is 4.36. The summed E-state index contributed by atoms with van der Waals surface area (Å²) in [5, 5.41) is 3.13. The van der Waals surface area contributed by atoms with E-state index in [1.54, 1.807) is 0 Å². The lowest BCUT2D eigenvalue weighted by molar-refractivity contribution is -0.127. The van der Waals surface area contributed by atoms with Crippen molar-refractivity contribution in [2.24, 2.45) is 5.92 Å². The van der Waals surface area contributed by atoms with Crippen LogP contribution in [0.4, 0.5) is 4.79 Å². The molecular formula is C23H35N3O3. The van der Waals surface area contributed by atoms with Crippen molar-refractivity contribution < 1.29 is 14.3 Å². The van der Waals surface area contributed by atoms with Gasteiger partial charge in [0.2, 0.25) is 5.91 Å². The molecule has 0 aliphatic carbocycles. The van der Waals surface area contributed by atoms with E-state index in [0.29, 0.717) is 12.6 Å². The number of likely N-dealkylation sites (tertiary alicyclic amines) is 2. The summed E-state index contributed by atoms with van der Waals surface area (Å²) in [5.41, 5.74) is 1.25.